The molecule has 0 spiro atoms. The number of H-pyrrole nitrogens is 1. The molecule has 1 amide bonds. The maximum Gasteiger partial charge on any atom is 0.265 e. The molecule has 0 unspecified atom stereocenters. The monoisotopic (exact) mass is 368 g/mol. The second kappa shape index (κ2) is 7.03. The van der Waals surface area contributed by atoms with E-state index in [4.69, 9.17) is 10.5 Å². The van der Waals surface area contributed by atoms with Gasteiger partial charge in [0.1, 0.15) is 0 Å². The third-order valence-electron chi connectivity index (χ3n) is 4.68. The van der Waals surface area contributed by atoms with Crippen LogP contribution in [0.3, 0.4) is 0 Å². The summed E-state index contributed by atoms with van der Waals surface area (Å²) in [6, 6.07) is 13.4. The average molecular weight is 368 g/mol. The fourth-order valence-corrected chi connectivity index (χ4v) is 4.00. The molecule has 4 rings (SSSR count). The van der Waals surface area contributed by atoms with Crippen LogP contribution in [-0.4, -0.2) is 29.3 Å². The van der Waals surface area contributed by atoms with E-state index in [2.05, 4.69) is 15.5 Å². The lowest BCUT2D eigenvalue weighted by Crippen LogP contribution is -2.42. The summed E-state index contributed by atoms with van der Waals surface area (Å²) in [5.74, 6) is -0.129. The molecular weight excluding hydrogens is 348 g/mol. The van der Waals surface area contributed by atoms with Crippen molar-refractivity contribution in [3.63, 3.8) is 0 Å². The van der Waals surface area contributed by atoms with Gasteiger partial charge < -0.3 is 15.8 Å². The van der Waals surface area contributed by atoms with Crippen LogP contribution in [0.1, 0.15) is 28.1 Å². The average Bonchev–Trinajstić information content (AvgIpc) is 3.34. The second-order valence-corrected chi connectivity index (χ2v) is 7.52. The van der Waals surface area contributed by atoms with Crippen molar-refractivity contribution in [3.8, 4) is 10.6 Å². The zero-order chi connectivity index (χ0) is 18.0. The number of carbonyl (C=O) groups excluding carboxylic acids is 1. The Balaban J connectivity index is 1.50. The number of hydrogen-bond acceptors (Lipinski definition) is 5. The highest BCUT2D eigenvalue weighted by Gasteiger charge is 2.30. The smallest absolute Gasteiger partial charge is 0.265 e. The van der Waals surface area contributed by atoms with Crippen LogP contribution in [-0.2, 0) is 10.3 Å². The van der Waals surface area contributed by atoms with Gasteiger partial charge >= 0.3 is 0 Å². The highest BCUT2D eigenvalue weighted by molar-refractivity contribution is 7.17. The van der Waals surface area contributed by atoms with Crippen molar-refractivity contribution in [2.24, 2.45) is 5.73 Å². The van der Waals surface area contributed by atoms with Crippen LogP contribution >= 0.6 is 11.3 Å². The fourth-order valence-electron chi connectivity index (χ4n) is 3.12. The number of anilines is 1. The number of carbonyl (C=O) groups is 1. The van der Waals surface area contributed by atoms with E-state index in [-0.39, 0.29) is 5.91 Å². The number of ether oxygens (including phenoxy) is 1. The summed E-state index contributed by atoms with van der Waals surface area (Å²) >= 11 is 1.42. The Kier molecular flexibility index (Phi) is 4.58. The maximum absolute atomic E-state index is 12.6. The molecule has 0 saturated carbocycles. The molecule has 1 aromatic carbocycles. The number of nitrogens with one attached hydrogen (secondary N) is 2. The molecule has 3 aromatic rings. The van der Waals surface area contributed by atoms with Gasteiger partial charge in [-0.05, 0) is 48.7 Å². The van der Waals surface area contributed by atoms with Crippen molar-refractivity contribution in [2.75, 3.05) is 18.5 Å². The number of aromatic nitrogens is 2. The van der Waals surface area contributed by atoms with E-state index < -0.39 is 5.54 Å². The van der Waals surface area contributed by atoms with Crippen molar-refractivity contribution in [2.45, 2.75) is 18.4 Å². The molecule has 2 aromatic heterocycles. The van der Waals surface area contributed by atoms with Gasteiger partial charge in [-0.1, -0.05) is 12.1 Å². The maximum atomic E-state index is 12.6. The first-order valence-corrected chi connectivity index (χ1v) is 9.34. The molecular formula is C19H20N4O2S. The minimum absolute atomic E-state index is 0.129. The Bertz CT molecular complexity index is 898. The number of nitrogens with two attached hydrogens (primary N) is 1. The summed E-state index contributed by atoms with van der Waals surface area (Å²) in [5.41, 5.74) is 8.84. The zero-order valence-corrected chi connectivity index (χ0v) is 15.0. The first-order chi connectivity index (χ1) is 12.6. The van der Waals surface area contributed by atoms with Gasteiger partial charge in [0.05, 0.1) is 15.4 Å². The quantitative estimate of drug-likeness (QED) is 0.658. The lowest BCUT2D eigenvalue weighted by Gasteiger charge is -2.34. The molecule has 134 valence electrons. The SMILES string of the molecule is NC1(c2cccc(NC(=O)c3ccc(-c4ccn[nH]4)s3)c2)CCOCC1. The van der Waals surface area contributed by atoms with Crippen molar-refractivity contribution in [3.05, 3.63) is 59.1 Å². The normalized spacial score (nSPS) is 16.3. The van der Waals surface area contributed by atoms with E-state index in [0.717, 1.165) is 34.7 Å². The number of amides is 1. The molecule has 0 atom stereocenters. The number of rotatable bonds is 4. The summed E-state index contributed by atoms with van der Waals surface area (Å²) in [4.78, 5) is 14.2. The summed E-state index contributed by atoms with van der Waals surface area (Å²) < 4.78 is 5.42. The standard InChI is InChI=1S/C19H20N4O2S/c20-19(7-10-25-11-8-19)13-2-1-3-14(12-13)22-18(24)17-5-4-16(26-17)15-6-9-21-23-15/h1-6,9,12H,7-8,10-11,20H2,(H,21,23)(H,22,24). The lowest BCUT2D eigenvalue weighted by molar-refractivity contribution is 0.0522. The molecule has 3 heterocycles. The molecule has 1 aliphatic rings. The minimum Gasteiger partial charge on any atom is -0.381 e. The molecule has 26 heavy (non-hydrogen) atoms. The Morgan fingerprint density at radius 2 is 2.08 bits per heavy atom. The topological polar surface area (TPSA) is 93.0 Å². The van der Waals surface area contributed by atoms with Gasteiger partial charge in [0.15, 0.2) is 0 Å². The summed E-state index contributed by atoms with van der Waals surface area (Å²) in [7, 11) is 0. The van der Waals surface area contributed by atoms with Crippen molar-refractivity contribution in [1.82, 2.24) is 10.2 Å². The van der Waals surface area contributed by atoms with Gasteiger partial charge in [-0.2, -0.15) is 5.10 Å². The third-order valence-corrected chi connectivity index (χ3v) is 5.79. The largest absolute Gasteiger partial charge is 0.381 e. The zero-order valence-electron chi connectivity index (χ0n) is 14.2. The highest BCUT2D eigenvalue weighted by Crippen LogP contribution is 2.31. The van der Waals surface area contributed by atoms with E-state index in [1.165, 1.54) is 11.3 Å². The number of hydrogen-bond donors (Lipinski definition) is 3. The van der Waals surface area contributed by atoms with Gasteiger partial charge in [-0.3, -0.25) is 9.89 Å². The fraction of sp³-hybridized carbons (Fsp3) is 0.263. The summed E-state index contributed by atoms with van der Waals surface area (Å²) in [6.45, 7) is 1.33. The number of aromatic amines is 1. The molecule has 1 saturated heterocycles. The van der Waals surface area contributed by atoms with Crippen molar-refractivity contribution < 1.29 is 9.53 Å². The third kappa shape index (κ3) is 3.41. The second-order valence-electron chi connectivity index (χ2n) is 6.44. The molecule has 1 aliphatic heterocycles. The molecule has 1 fully saturated rings. The van der Waals surface area contributed by atoms with Gasteiger partial charge in [-0.25, -0.2) is 0 Å². The van der Waals surface area contributed by atoms with Crippen molar-refractivity contribution in [1.29, 1.82) is 0 Å². The van der Waals surface area contributed by atoms with Gasteiger partial charge in [-0.15, -0.1) is 11.3 Å². The summed E-state index contributed by atoms with van der Waals surface area (Å²) in [6.07, 6.45) is 3.25. The summed E-state index contributed by atoms with van der Waals surface area (Å²) in [5, 5.41) is 9.82. The van der Waals surface area contributed by atoms with E-state index in [0.29, 0.717) is 18.1 Å². The highest BCUT2D eigenvalue weighted by atomic mass is 32.1. The van der Waals surface area contributed by atoms with Crippen LogP contribution < -0.4 is 11.1 Å². The molecule has 0 bridgehead atoms. The Morgan fingerprint density at radius 1 is 1.23 bits per heavy atom. The molecule has 6 nitrogen and oxygen atoms in total. The van der Waals surface area contributed by atoms with Crippen LogP contribution in [0.2, 0.25) is 0 Å². The Labute approximate surface area is 155 Å². The van der Waals surface area contributed by atoms with Crippen LogP contribution in [0.4, 0.5) is 5.69 Å². The number of nitrogens with zero attached hydrogens (tertiary/aromatic N) is 1. The lowest BCUT2D eigenvalue weighted by atomic mass is 9.83. The predicted molar refractivity (Wildman–Crippen MR) is 102 cm³/mol. The van der Waals surface area contributed by atoms with Gasteiger partial charge in [0, 0.05) is 30.6 Å². The van der Waals surface area contributed by atoms with E-state index in [1.54, 1.807) is 6.20 Å². The minimum atomic E-state index is -0.393. The first-order valence-electron chi connectivity index (χ1n) is 8.52. The predicted octanol–water partition coefficient (Wildman–Crippen LogP) is 3.35. The van der Waals surface area contributed by atoms with E-state index >= 15 is 0 Å². The molecule has 0 aliphatic carbocycles. The Morgan fingerprint density at radius 3 is 2.85 bits per heavy atom. The van der Waals surface area contributed by atoms with Crippen LogP contribution in [0.15, 0.2) is 48.7 Å². The number of benzene rings is 1. The van der Waals surface area contributed by atoms with Gasteiger partial charge in [0.2, 0.25) is 0 Å². The van der Waals surface area contributed by atoms with Crippen LogP contribution in [0.5, 0.6) is 0 Å². The van der Waals surface area contributed by atoms with Crippen LogP contribution in [0.25, 0.3) is 10.6 Å². The Hall–Kier alpha value is -2.48. The number of thiophene rings is 1. The first kappa shape index (κ1) is 17.0. The van der Waals surface area contributed by atoms with E-state index in [9.17, 15) is 4.79 Å². The van der Waals surface area contributed by atoms with Crippen molar-refractivity contribution >= 4 is 22.9 Å². The van der Waals surface area contributed by atoms with E-state index in [1.807, 2.05) is 42.5 Å². The van der Waals surface area contributed by atoms with Crippen LogP contribution in [0, 0.1) is 0 Å². The molecule has 7 heteroatoms. The van der Waals surface area contributed by atoms with Gasteiger partial charge in [0.25, 0.3) is 5.91 Å². The molecule has 0 radical (unpaired) electrons. The molecule has 4 N–H and O–H groups in total.